The van der Waals surface area contributed by atoms with Crippen LogP contribution >= 0.6 is 24.0 Å². The highest BCUT2D eigenvalue weighted by molar-refractivity contribution is 14.0. The molecular formula is C18H36F2IN5. The Morgan fingerprint density at radius 1 is 1.08 bits per heavy atom. The third kappa shape index (κ3) is 8.65. The summed E-state index contributed by atoms with van der Waals surface area (Å²) in [4.78, 5) is 8.68. The van der Waals surface area contributed by atoms with E-state index < -0.39 is 6.43 Å². The van der Waals surface area contributed by atoms with Gasteiger partial charge >= 0.3 is 0 Å². The second-order valence-corrected chi connectivity index (χ2v) is 7.28. The summed E-state index contributed by atoms with van der Waals surface area (Å²) in [7, 11) is 1.79. The summed E-state index contributed by atoms with van der Waals surface area (Å²) < 4.78 is 24.9. The minimum Gasteiger partial charge on any atom is -0.356 e. The van der Waals surface area contributed by atoms with Gasteiger partial charge in [0.15, 0.2) is 5.96 Å². The molecular weight excluding hydrogens is 451 g/mol. The maximum absolute atomic E-state index is 12.4. The van der Waals surface area contributed by atoms with Gasteiger partial charge in [0.25, 0.3) is 6.43 Å². The summed E-state index contributed by atoms with van der Waals surface area (Å²) in [5.41, 5.74) is 0. The Hall–Kier alpha value is -0.220. The highest BCUT2D eigenvalue weighted by atomic mass is 127. The Labute approximate surface area is 174 Å². The second-order valence-electron chi connectivity index (χ2n) is 7.28. The molecule has 0 amide bonds. The lowest BCUT2D eigenvalue weighted by molar-refractivity contribution is 0.0744. The largest absolute Gasteiger partial charge is 0.356 e. The fourth-order valence-corrected chi connectivity index (χ4v) is 3.83. The van der Waals surface area contributed by atoms with Crippen LogP contribution in [-0.2, 0) is 0 Å². The first-order chi connectivity index (χ1) is 12.1. The van der Waals surface area contributed by atoms with Crippen LogP contribution in [0.5, 0.6) is 0 Å². The molecule has 2 heterocycles. The predicted octanol–water partition coefficient (Wildman–Crippen LogP) is 2.62. The number of nitrogens with zero attached hydrogens (tertiary/aromatic N) is 3. The van der Waals surface area contributed by atoms with E-state index in [1.54, 1.807) is 7.05 Å². The molecule has 0 aromatic heterocycles. The highest BCUT2D eigenvalue weighted by Gasteiger charge is 2.22. The van der Waals surface area contributed by atoms with Crippen molar-refractivity contribution in [1.82, 2.24) is 20.4 Å². The number of alkyl halides is 2. The zero-order valence-electron chi connectivity index (χ0n) is 16.2. The van der Waals surface area contributed by atoms with Gasteiger partial charge in [-0.2, -0.15) is 0 Å². The van der Waals surface area contributed by atoms with Crippen LogP contribution in [0.4, 0.5) is 8.78 Å². The first kappa shape index (κ1) is 23.8. The van der Waals surface area contributed by atoms with Gasteiger partial charge in [0.2, 0.25) is 0 Å². The fourth-order valence-electron chi connectivity index (χ4n) is 3.83. The maximum Gasteiger partial charge on any atom is 0.251 e. The molecule has 0 spiro atoms. The van der Waals surface area contributed by atoms with Crippen molar-refractivity contribution < 1.29 is 8.78 Å². The fraction of sp³-hybridized carbons (Fsp3) is 0.944. The molecule has 0 aliphatic carbocycles. The quantitative estimate of drug-likeness (QED) is 0.329. The number of halogens is 3. The Bertz CT molecular complexity index is 395. The molecule has 8 heteroatoms. The molecule has 26 heavy (non-hydrogen) atoms. The predicted molar refractivity (Wildman–Crippen MR) is 115 cm³/mol. The Kier molecular flexibility index (Phi) is 11.9. The van der Waals surface area contributed by atoms with Gasteiger partial charge in [-0.3, -0.25) is 9.89 Å². The second kappa shape index (κ2) is 13.0. The Morgan fingerprint density at radius 2 is 1.69 bits per heavy atom. The summed E-state index contributed by atoms with van der Waals surface area (Å²) in [5.74, 6) is 1.66. The molecule has 2 fully saturated rings. The van der Waals surface area contributed by atoms with Crippen molar-refractivity contribution in [1.29, 1.82) is 0 Å². The molecule has 154 valence electrons. The van der Waals surface area contributed by atoms with E-state index in [9.17, 15) is 8.78 Å². The average molecular weight is 487 g/mol. The number of aliphatic imine (C=N–C) groups is 1. The summed E-state index contributed by atoms with van der Waals surface area (Å²) in [5, 5.41) is 6.87. The van der Waals surface area contributed by atoms with Gasteiger partial charge in [0.05, 0.1) is 6.54 Å². The number of hydrogen-bond acceptors (Lipinski definition) is 3. The van der Waals surface area contributed by atoms with Crippen LogP contribution < -0.4 is 10.6 Å². The van der Waals surface area contributed by atoms with E-state index in [1.165, 1.54) is 32.4 Å². The smallest absolute Gasteiger partial charge is 0.251 e. The molecule has 0 atom stereocenters. The van der Waals surface area contributed by atoms with Crippen LogP contribution in [0.15, 0.2) is 4.99 Å². The topological polar surface area (TPSA) is 42.9 Å². The van der Waals surface area contributed by atoms with Crippen molar-refractivity contribution in [2.45, 2.75) is 51.5 Å². The standard InChI is InChI=1S/C18H35F2N5.HI/c1-3-24-10-5-15(6-11-24)4-9-22-18(21-2)23-16-7-12-25(13-8-16)14-17(19)20;/h15-17H,3-14H2,1-2H3,(H2,21,22,23);1H. The van der Waals surface area contributed by atoms with Gasteiger partial charge in [-0.05, 0) is 57.7 Å². The molecule has 2 saturated heterocycles. The summed E-state index contributed by atoms with van der Waals surface area (Å²) in [6, 6.07) is 0.327. The minimum absolute atomic E-state index is 0. The minimum atomic E-state index is -2.23. The Balaban J connectivity index is 0.00000338. The van der Waals surface area contributed by atoms with Crippen LogP contribution in [-0.4, -0.2) is 81.1 Å². The monoisotopic (exact) mass is 487 g/mol. The number of rotatable bonds is 7. The number of hydrogen-bond donors (Lipinski definition) is 2. The maximum atomic E-state index is 12.4. The normalized spacial score (nSPS) is 21.7. The van der Waals surface area contributed by atoms with E-state index in [4.69, 9.17) is 0 Å². The molecule has 0 unspecified atom stereocenters. The lowest BCUT2D eigenvalue weighted by atomic mass is 9.93. The average Bonchev–Trinajstić information content (AvgIpc) is 2.62. The zero-order chi connectivity index (χ0) is 18.1. The number of piperidine rings is 2. The van der Waals surface area contributed by atoms with E-state index in [0.29, 0.717) is 6.04 Å². The summed E-state index contributed by atoms with van der Waals surface area (Å²) in [6.07, 6.45) is 3.33. The number of likely N-dealkylation sites (tertiary alicyclic amines) is 2. The molecule has 2 N–H and O–H groups in total. The van der Waals surface area contributed by atoms with E-state index in [1.807, 2.05) is 4.90 Å². The van der Waals surface area contributed by atoms with Crippen molar-refractivity contribution in [3.8, 4) is 0 Å². The molecule has 0 bridgehead atoms. The third-order valence-corrected chi connectivity index (χ3v) is 5.55. The van der Waals surface area contributed by atoms with Gasteiger partial charge in [-0.25, -0.2) is 8.78 Å². The van der Waals surface area contributed by atoms with Gasteiger partial charge in [-0.1, -0.05) is 6.92 Å². The molecule has 5 nitrogen and oxygen atoms in total. The lowest BCUT2D eigenvalue weighted by Gasteiger charge is -2.33. The lowest BCUT2D eigenvalue weighted by Crippen LogP contribution is -2.49. The van der Waals surface area contributed by atoms with Crippen LogP contribution in [0.25, 0.3) is 0 Å². The molecule has 0 radical (unpaired) electrons. The van der Waals surface area contributed by atoms with E-state index >= 15 is 0 Å². The first-order valence-electron chi connectivity index (χ1n) is 9.80. The van der Waals surface area contributed by atoms with Gasteiger partial charge in [-0.15, -0.1) is 24.0 Å². The van der Waals surface area contributed by atoms with Gasteiger partial charge in [0, 0.05) is 32.7 Å². The zero-order valence-corrected chi connectivity index (χ0v) is 18.6. The van der Waals surface area contributed by atoms with E-state index in [2.05, 4.69) is 27.4 Å². The Morgan fingerprint density at radius 3 is 2.23 bits per heavy atom. The summed E-state index contributed by atoms with van der Waals surface area (Å²) >= 11 is 0. The van der Waals surface area contributed by atoms with Crippen LogP contribution in [0.2, 0.25) is 0 Å². The highest BCUT2D eigenvalue weighted by Crippen LogP contribution is 2.19. The van der Waals surface area contributed by atoms with Crippen LogP contribution in [0.1, 0.15) is 39.0 Å². The number of guanidine groups is 1. The van der Waals surface area contributed by atoms with Crippen LogP contribution in [0, 0.1) is 5.92 Å². The molecule has 0 aromatic rings. The number of nitrogens with one attached hydrogen (secondary N) is 2. The van der Waals surface area contributed by atoms with E-state index in [-0.39, 0.29) is 30.5 Å². The van der Waals surface area contributed by atoms with Crippen molar-refractivity contribution in [2.75, 3.05) is 52.9 Å². The van der Waals surface area contributed by atoms with Crippen molar-refractivity contribution >= 4 is 29.9 Å². The molecule has 2 rings (SSSR count). The van der Waals surface area contributed by atoms with Crippen LogP contribution in [0.3, 0.4) is 0 Å². The van der Waals surface area contributed by atoms with Gasteiger partial charge in [0.1, 0.15) is 0 Å². The van der Waals surface area contributed by atoms with Gasteiger partial charge < -0.3 is 15.5 Å². The molecule has 2 aliphatic heterocycles. The van der Waals surface area contributed by atoms with Crippen molar-refractivity contribution in [2.24, 2.45) is 10.9 Å². The molecule has 0 aromatic carbocycles. The first-order valence-corrected chi connectivity index (χ1v) is 9.80. The molecule has 2 aliphatic rings. The summed E-state index contributed by atoms with van der Waals surface area (Å²) in [6.45, 7) is 8.16. The molecule has 0 saturated carbocycles. The van der Waals surface area contributed by atoms with Crippen molar-refractivity contribution in [3.05, 3.63) is 0 Å². The SMILES string of the molecule is CCN1CCC(CCNC(=NC)NC2CCN(CC(F)F)CC2)CC1.I. The van der Waals surface area contributed by atoms with E-state index in [0.717, 1.165) is 50.9 Å². The van der Waals surface area contributed by atoms with Crippen molar-refractivity contribution in [3.63, 3.8) is 0 Å². The third-order valence-electron chi connectivity index (χ3n) is 5.55.